The van der Waals surface area contributed by atoms with E-state index in [0.717, 1.165) is 11.0 Å². The van der Waals surface area contributed by atoms with Crippen molar-refractivity contribution in [1.82, 2.24) is 0 Å². The Labute approximate surface area is 109 Å². The molecule has 0 unspecified atom stereocenters. The molecule has 1 amide bonds. The Kier molecular flexibility index (Phi) is 3.37. The number of para-hydroxylation sites is 1. The SMILES string of the molecule is CN(C(=O)c1cc(O)cc(O)c1)c1ccccc1F. The van der Waals surface area contributed by atoms with Gasteiger partial charge in [-0.1, -0.05) is 12.1 Å². The molecule has 0 saturated heterocycles. The molecule has 2 aromatic carbocycles. The Morgan fingerprint density at radius 2 is 1.68 bits per heavy atom. The molecule has 0 saturated carbocycles. The second kappa shape index (κ2) is 4.97. The van der Waals surface area contributed by atoms with Gasteiger partial charge in [0.1, 0.15) is 17.3 Å². The molecule has 0 bridgehead atoms. The average Bonchev–Trinajstić information content (AvgIpc) is 2.36. The van der Waals surface area contributed by atoms with Crippen molar-refractivity contribution in [2.75, 3.05) is 11.9 Å². The summed E-state index contributed by atoms with van der Waals surface area (Å²) < 4.78 is 13.6. The van der Waals surface area contributed by atoms with Crippen molar-refractivity contribution in [3.05, 3.63) is 53.8 Å². The highest BCUT2D eigenvalue weighted by Crippen LogP contribution is 2.24. The van der Waals surface area contributed by atoms with Crippen LogP contribution in [0.2, 0.25) is 0 Å². The molecular formula is C14H12FNO3. The van der Waals surface area contributed by atoms with Crippen LogP contribution in [0.15, 0.2) is 42.5 Å². The highest BCUT2D eigenvalue weighted by Gasteiger charge is 2.17. The summed E-state index contributed by atoms with van der Waals surface area (Å²) >= 11 is 0. The summed E-state index contributed by atoms with van der Waals surface area (Å²) in [7, 11) is 1.42. The van der Waals surface area contributed by atoms with Crippen molar-refractivity contribution in [3.63, 3.8) is 0 Å². The van der Waals surface area contributed by atoms with E-state index in [0.29, 0.717) is 0 Å². The standard InChI is InChI=1S/C14H12FNO3/c1-16(13-5-3-2-4-12(13)15)14(19)9-6-10(17)8-11(18)7-9/h2-8,17-18H,1H3. The molecule has 0 aliphatic heterocycles. The number of halogens is 1. The van der Waals surface area contributed by atoms with Crippen molar-refractivity contribution in [2.24, 2.45) is 0 Å². The van der Waals surface area contributed by atoms with E-state index < -0.39 is 11.7 Å². The lowest BCUT2D eigenvalue weighted by Gasteiger charge is -2.18. The molecule has 98 valence electrons. The molecule has 0 aliphatic carbocycles. The third-order valence-electron chi connectivity index (χ3n) is 2.67. The lowest BCUT2D eigenvalue weighted by molar-refractivity contribution is 0.0991. The lowest BCUT2D eigenvalue weighted by Crippen LogP contribution is -2.27. The van der Waals surface area contributed by atoms with E-state index in [4.69, 9.17) is 0 Å². The zero-order valence-electron chi connectivity index (χ0n) is 10.2. The second-order valence-corrected chi connectivity index (χ2v) is 4.05. The summed E-state index contributed by atoms with van der Waals surface area (Å²) in [4.78, 5) is 13.3. The van der Waals surface area contributed by atoms with Gasteiger partial charge >= 0.3 is 0 Å². The monoisotopic (exact) mass is 261 g/mol. The largest absolute Gasteiger partial charge is 0.508 e. The van der Waals surface area contributed by atoms with E-state index in [1.165, 1.54) is 37.4 Å². The fraction of sp³-hybridized carbons (Fsp3) is 0.0714. The summed E-state index contributed by atoms with van der Waals surface area (Å²) in [6.45, 7) is 0. The lowest BCUT2D eigenvalue weighted by atomic mass is 10.1. The van der Waals surface area contributed by atoms with Crippen molar-refractivity contribution in [2.45, 2.75) is 0 Å². The normalized spacial score (nSPS) is 10.2. The first-order chi connectivity index (χ1) is 8.99. The Balaban J connectivity index is 2.36. The number of benzene rings is 2. The molecule has 2 rings (SSSR count). The predicted octanol–water partition coefficient (Wildman–Crippen LogP) is 2.51. The Morgan fingerprint density at radius 1 is 1.11 bits per heavy atom. The number of hydrogen-bond acceptors (Lipinski definition) is 3. The van der Waals surface area contributed by atoms with E-state index in [1.807, 2.05) is 0 Å². The van der Waals surface area contributed by atoms with Crippen LogP contribution in [-0.4, -0.2) is 23.2 Å². The van der Waals surface area contributed by atoms with Gasteiger partial charge in [-0.25, -0.2) is 4.39 Å². The number of anilines is 1. The summed E-state index contributed by atoms with van der Waals surface area (Å²) in [5.74, 6) is -1.52. The van der Waals surface area contributed by atoms with Gasteiger partial charge in [0.2, 0.25) is 0 Å². The van der Waals surface area contributed by atoms with Gasteiger partial charge in [-0.15, -0.1) is 0 Å². The highest BCUT2D eigenvalue weighted by atomic mass is 19.1. The molecule has 5 heteroatoms. The van der Waals surface area contributed by atoms with Gasteiger partial charge in [-0.05, 0) is 24.3 Å². The zero-order valence-corrected chi connectivity index (χ0v) is 10.2. The van der Waals surface area contributed by atoms with Crippen LogP contribution in [0.4, 0.5) is 10.1 Å². The molecule has 19 heavy (non-hydrogen) atoms. The molecular weight excluding hydrogens is 249 g/mol. The van der Waals surface area contributed by atoms with E-state index in [1.54, 1.807) is 6.07 Å². The topological polar surface area (TPSA) is 60.8 Å². The minimum absolute atomic E-state index is 0.0725. The number of carbonyl (C=O) groups is 1. The molecule has 0 heterocycles. The first-order valence-corrected chi connectivity index (χ1v) is 5.54. The predicted molar refractivity (Wildman–Crippen MR) is 68.9 cm³/mol. The van der Waals surface area contributed by atoms with Crippen LogP contribution in [-0.2, 0) is 0 Å². The van der Waals surface area contributed by atoms with Crippen molar-refractivity contribution in [3.8, 4) is 11.5 Å². The van der Waals surface area contributed by atoms with Crippen molar-refractivity contribution < 1.29 is 19.4 Å². The smallest absolute Gasteiger partial charge is 0.258 e. The molecule has 0 radical (unpaired) electrons. The van der Waals surface area contributed by atoms with Crippen LogP contribution >= 0.6 is 0 Å². The molecule has 0 spiro atoms. The van der Waals surface area contributed by atoms with Crippen molar-refractivity contribution in [1.29, 1.82) is 0 Å². The summed E-state index contributed by atoms with van der Waals surface area (Å²) in [5, 5.41) is 18.7. The first-order valence-electron chi connectivity index (χ1n) is 5.54. The number of nitrogens with zero attached hydrogens (tertiary/aromatic N) is 1. The maximum Gasteiger partial charge on any atom is 0.258 e. The third kappa shape index (κ3) is 2.65. The van der Waals surface area contributed by atoms with E-state index in [9.17, 15) is 19.4 Å². The Bertz CT molecular complexity index is 608. The van der Waals surface area contributed by atoms with Crippen LogP contribution < -0.4 is 4.90 Å². The van der Waals surface area contributed by atoms with Crippen LogP contribution in [0, 0.1) is 5.82 Å². The average molecular weight is 261 g/mol. The highest BCUT2D eigenvalue weighted by molar-refractivity contribution is 6.06. The minimum Gasteiger partial charge on any atom is -0.508 e. The van der Waals surface area contributed by atoms with Crippen molar-refractivity contribution >= 4 is 11.6 Å². The molecule has 0 fully saturated rings. The van der Waals surface area contributed by atoms with E-state index in [2.05, 4.69) is 0 Å². The zero-order chi connectivity index (χ0) is 14.0. The maximum absolute atomic E-state index is 13.6. The van der Waals surface area contributed by atoms with Gasteiger partial charge in [0.15, 0.2) is 0 Å². The number of aromatic hydroxyl groups is 2. The van der Waals surface area contributed by atoms with Crippen LogP contribution in [0.5, 0.6) is 11.5 Å². The number of carbonyl (C=O) groups excluding carboxylic acids is 1. The van der Waals surface area contributed by atoms with Crippen LogP contribution in [0.3, 0.4) is 0 Å². The van der Waals surface area contributed by atoms with E-state index >= 15 is 0 Å². The Morgan fingerprint density at radius 3 is 2.26 bits per heavy atom. The fourth-order valence-corrected chi connectivity index (χ4v) is 1.75. The van der Waals surface area contributed by atoms with Crippen LogP contribution in [0.1, 0.15) is 10.4 Å². The Hall–Kier alpha value is -2.56. The fourth-order valence-electron chi connectivity index (χ4n) is 1.75. The number of hydrogen-bond donors (Lipinski definition) is 2. The van der Waals surface area contributed by atoms with Gasteiger partial charge in [-0.3, -0.25) is 4.79 Å². The molecule has 0 aliphatic rings. The van der Waals surface area contributed by atoms with Gasteiger partial charge in [0, 0.05) is 18.7 Å². The number of phenols is 2. The third-order valence-corrected chi connectivity index (χ3v) is 2.67. The number of rotatable bonds is 2. The van der Waals surface area contributed by atoms with Gasteiger partial charge in [0.25, 0.3) is 5.91 Å². The molecule has 2 N–H and O–H groups in total. The summed E-state index contributed by atoms with van der Waals surface area (Å²) in [6, 6.07) is 9.38. The summed E-state index contributed by atoms with van der Waals surface area (Å²) in [5.41, 5.74) is 0.193. The number of phenolic OH excluding ortho intramolecular Hbond substituents is 2. The molecule has 0 atom stereocenters. The van der Waals surface area contributed by atoms with Gasteiger partial charge in [0.05, 0.1) is 5.69 Å². The molecule has 2 aromatic rings. The minimum atomic E-state index is -0.531. The molecule has 0 aromatic heterocycles. The van der Waals surface area contributed by atoms with Gasteiger partial charge in [-0.2, -0.15) is 0 Å². The first kappa shape index (κ1) is 12.9. The van der Waals surface area contributed by atoms with Crippen LogP contribution in [0.25, 0.3) is 0 Å². The van der Waals surface area contributed by atoms with Gasteiger partial charge < -0.3 is 15.1 Å². The maximum atomic E-state index is 13.6. The second-order valence-electron chi connectivity index (χ2n) is 4.05. The molecule has 4 nitrogen and oxygen atoms in total. The van der Waals surface area contributed by atoms with E-state index in [-0.39, 0.29) is 22.7 Å². The quantitative estimate of drug-likeness (QED) is 0.873. The summed E-state index contributed by atoms with van der Waals surface area (Å²) in [6.07, 6.45) is 0. The number of amides is 1.